The molecule has 18 heavy (non-hydrogen) atoms. The standard InChI is InChI=1S/C12H11Cl2N3O/c1-8(10-15-11(13)17-12(14)16-10)18-7-9-5-3-2-4-6-9/h2-6,8H,7H2,1H3/t8-/m1/s1. The van der Waals surface area contributed by atoms with Crippen LogP contribution in [0, 0.1) is 0 Å². The average Bonchev–Trinajstić information content (AvgIpc) is 2.36. The van der Waals surface area contributed by atoms with E-state index < -0.39 is 0 Å². The molecule has 0 aliphatic carbocycles. The lowest BCUT2D eigenvalue weighted by atomic mass is 10.2. The van der Waals surface area contributed by atoms with E-state index >= 15 is 0 Å². The van der Waals surface area contributed by atoms with Gasteiger partial charge in [-0.2, -0.15) is 15.0 Å². The fourth-order valence-corrected chi connectivity index (χ4v) is 1.77. The van der Waals surface area contributed by atoms with Crippen LogP contribution in [0.25, 0.3) is 0 Å². The number of hydrogen-bond acceptors (Lipinski definition) is 4. The zero-order valence-corrected chi connectivity index (χ0v) is 11.2. The summed E-state index contributed by atoms with van der Waals surface area (Å²) in [4.78, 5) is 11.6. The molecule has 0 aliphatic heterocycles. The molecule has 0 fully saturated rings. The highest BCUT2D eigenvalue weighted by Crippen LogP contribution is 2.17. The van der Waals surface area contributed by atoms with E-state index in [9.17, 15) is 0 Å². The van der Waals surface area contributed by atoms with Gasteiger partial charge < -0.3 is 4.74 Å². The quantitative estimate of drug-likeness (QED) is 0.862. The molecule has 4 nitrogen and oxygen atoms in total. The lowest BCUT2D eigenvalue weighted by Gasteiger charge is -2.11. The lowest BCUT2D eigenvalue weighted by molar-refractivity contribution is 0.0466. The Morgan fingerprint density at radius 3 is 2.28 bits per heavy atom. The predicted molar refractivity (Wildman–Crippen MR) is 69.5 cm³/mol. The molecule has 1 heterocycles. The second-order valence-electron chi connectivity index (χ2n) is 3.67. The van der Waals surface area contributed by atoms with Crippen molar-refractivity contribution < 1.29 is 4.74 Å². The van der Waals surface area contributed by atoms with Crippen molar-refractivity contribution in [3.05, 3.63) is 52.3 Å². The van der Waals surface area contributed by atoms with Crippen molar-refractivity contribution in [2.45, 2.75) is 19.6 Å². The van der Waals surface area contributed by atoms with E-state index in [0.29, 0.717) is 12.4 Å². The number of rotatable bonds is 4. The van der Waals surface area contributed by atoms with Gasteiger partial charge in [0.2, 0.25) is 10.6 Å². The van der Waals surface area contributed by atoms with Crippen LogP contribution in [0.15, 0.2) is 30.3 Å². The second kappa shape index (κ2) is 6.09. The third-order valence-corrected chi connectivity index (χ3v) is 2.64. The van der Waals surface area contributed by atoms with Crippen LogP contribution in [0.3, 0.4) is 0 Å². The van der Waals surface area contributed by atoms with Crippen molar-refractivity contribution in [2.75, 3.05) is 0 Å². The highest BCUT2D eigenvalue weighted by molar-refractivity contribution is 6.30. The van der Waals surface area contributed by atoms with Crippen LogP contribution in [0.4, 0.5) is 0 Å². The van der Waals surface area contributed by atoms with Gasteiger partial charge in [0.25, 0.3) is 0 Å². The number of benzene rings is 1. The molecule has 1 aromatic carbocycles. The normalized spacial score (nSPS) is 12.4. The SMILES string of the molecule is C[C@@H](OCc1ccccc1)c1nc(Cl)nc(Cl)n1. The van der Waals surface area contributed by atoms with Crippen LogP contribution in [-0.2, 0) is 11.3 Å². The van der Waals surface area contributed by atoms with E-state index in [4.69, 9.17) is 27.9 Å². The summed E-state index contributed by atoms with van der Waals surface area (Å²) in [5, 5.41) is 0.139. The Morgan fingerprint density at radius 2 is 1.67 bits per heavy atom. The van der Waals surface area contributed by atoms with Crippen molar-refractivity contribution in [2.24, 2.45) is 0 Å². The maximum absolute atomic E-state index is 5.71. The molecule has 0 saturated heterocycles. The molecule has 0 bridgehead atoms. The summed E-state index contributed by atoms with van der Waals surface area (Å²) in [7, 11) is 0. The first kappa shape index (κ1) is 13.2. The maximum Gasteiger partial charge on any atom is 0.227 e. The third kappa shape index (κ3) is 3.63. The number of nitrogens with zero attached hydrogens (tertiary/aromatic N) is 3. The lowest BCUT2D eigenvalue weighted by Crippen LogP contribution is -2.07. The molecule has 0 aliphatic rings. The van der Waals surface area contributed by atoms with Gasteiger partial charge in [-0.15, -0.1) is 0 Å². The second-order valence-corrected chi connectivity index (χ2v) is 4.35. The van der Waals surface area contributed by atoms with Gasteiger partial charge in [-0.25, -0.2) is 0 Å². The van der Waals surface area contributed by atoms with E-state index in [1.54, 1.807) is 0 Å². The number of ether oxygens (including phenoxy) is 1. The van der Waals surface area contributed by atoms with Gasteiger partial charge in [0.15, 0.2) is 5.82 Å². The summed E-state index contributed by atoms with van der Waals surface area (Å²) in [6.07, 6.45) is -0.303. The molecule has 0 unspecified atom stereocenters. The summed E-state index contributed by atoms with van der Waals surface area (Å²) < 4.78 is 5.65. The molecule has 0 saturated carbocycles. The molecular weight excluding hydrogens is 273 g/mol. The summed E-state index contributed by atoms with van der Waals surface area (Å²) in [5.41, 5.74) is 1.08. The molecule has 0 N–H and O–H groups in total. The number of hydrogen-bond donors (Lipinski definition) is 0. The Balaban J connectivity index is 2.01. The first-order valence-corrected chi connectivity index (χ1v) is 6.13. The Morgan fingerprint density at radius 1 is 1.06 bits per heavy atom. The molecule has 0 spiro atoms. The number of aromatic nitrogens is 3. The van der Waals surface area contributed by atoms with Crippen LogP contribution >= 0.6 is 23.2 Å². The zero-order chi connectivity index (χ0) is 13.0. The summed E-state index contributed by atoms with van der Waals surface area (Å²) in [5.74, 6) is 0.427. The van der Waals surface area contributed by atoms with Crippen LogP contribution in [0.5, 0.6) is 0 Å². The van der Waals surface area contributed by atoms with Crippen molar-refractivity contribution in [3.63, 3.8) is 0 Å². The first-order valence-electron chi connectivity index (χ1n) is 5.37. The van der Waals surface area contributed by atoms with E-state index in [2.05, 4.69) is 15.0 Å². The smallest absolute Gasteiger partial charge is 0.227 e. The van der Waals surface area contributed by atoms with E-state index in [0.717, 1.165) is 5.56 Å². The molecule has 0 amide bonds. The minimum atomic E-state index is -0.303. The van der Waals surface area contributed by atoms with Gasteiger partial charge in [0.1, 0.15) is 6.10 Å². The Labute approximate surface area is 115 Å². The van der Waals surface area contributed by atoms with Crippen LogP contribution < -0.4 is 0 Å². The first-order chi connectivity index (χ1) is 8.65. The third-order valence-electron chi connectivity index (χ3n) is 2.30. The van der Waals surface area contributed by atoms with Crippen molar-refractivity contribution in [1.82, 2.24) is 15.0 Å². The average molecular weight is 284 g/mol. The van der Waals surface area contributed by atoms with Crippen molar-refractivity contribution >= 4 is 23.2 Å². The fourth-order valence-electron chi connectivity index (χ4n) is 1.39. The van der Waals surface area contributed by atoms with Gasteiger partial charge in [0, 0.05) is 0 Å². The van der Waals surface area contributed by atoms with Gasteiger partial charge in [-0.3, -0.25) is 0 Å². The predicted octanol–water partition coefficient (Wildman–Crippen LogP) is 3.46. The molecule has 0 radical (unpaired) electrons. The largest absolute Gasteiger partial charge is 0.366 e. The molecule has 2 rings (SSSR count). The molecule has 1 atom stereocenters. The van der Waals surface area contributed by atoms with Gasteiger partial charge >= 0.3 is 0 Å². The molecule has 1 aromatic heterocycles. The van der Waals surface area contributed by atoms with E-state index in [1.807, 2.05) is 37.3 Å². The zero-order valence-electron chi connectivity index (χ0n) is 9.68. The number of halogens is 2. The van der Waals surface area contributed by atoms with Gasteiger partial charge in [-0.05, 0) is 35.7 Å². The van der Waals surface area contributed by atoms with E-state index in [-0.39, 0.29) is 16.7 Å². The highest BCUT2D eigenvalue weighted by atomic mass is 35.5. The van der Waals surface area contributed by atoms with Gasteiger partial charge in [0.05, 0.1) is 6.61 Å². The Bertz CT molecular complexity index is 502. The minimum absolute atomic E-state index is 0.0696. The highest BCUT2D eigenvalue weighted by Gasteiger charge is 2.12. The minimum Gasteiger partial charge on any atom is -0.366 e. The summed E-state index contributed by atoms with van der Waals surface area (Å²) >= 11 is 11.4. The monoisotopic (exact) mass is 283 g/mol. The molecular formula is C12H11Cl2N3O. The fraction of sp³-hybridized carbons (Fsp3) is 0.250. The topological polar surface area (TPSA) is 47.9 Å². The van der Waals surface area contributed by atoms with Crippen LogP contribution in [0.2, 0.25) is 10.6 Å². The van der Waals surface area contributed by atoms with E-state index in [1.165, 1.54) is 0 Å². The van der Waals surface area contributed by atoms with Crippen molar-refractivity contribution in [3.8, 4) is 0 Å². The molecule has 6 heteroatoms. The summed E-state index contributed by atoms with van der Waals surface area (Å²) in [6, 6.07) is 9.85. The molecule has 2 aromatic rings. The van der Waals surface area contributed by atoms with Crippen LogP contribution in [-0.4, -0.2) is 15.0 Å². The maximum atomic E-state index is 5.71. The van der Waals surface area contributed by atoms with Crippen LogP contribution in [0.1, 0.15) is 24.4 Å². The molecule has 94 valence electrons. The van der Waals surface area contributed by atoms with Crippen molar-refractivity contribution in [1.29, 1.82) is 0 Å². The summed E-state index contributed by atoms with van der Waals surface area (Å²) in [6.45, 7) is 2.31. The Kier molecular flexibility index (Phi) is 4.47. The Hall–Kier alpha value is -1.23. The van der Waals surface area contributed by atoms with Gasteiger partial charge in [-0.1, -0.05) is 30.3 Å².